The second-order valence-corrected chi connectivity index (χ2v) is 10.3. The molecule has 0 aliphatic carbocycles. The first kappa shape index (κ1) is 24.7. The minimum Gasteiger partial charge on any atom is -0.489 e. The van der Waals surface area contributed by atoms with Crippen LogP contribution in [0.5, 0.6) is 11.5 Å². The Bertz CT molecular complexity index is 997. The van der Waals surface area contributed by atoms with Gasteiger partial charge >= 0.3 is 0 Å². The van der Waals surface area contributed by atoms with E-state index in [1.165, 1.54) is 5.56 Å². The van der Waals surface area contributed by atoms with Crippen molar-refractivity contribution >= 4 is 23.2 Å². The van der Waals surface area contributed by atoms with Crippen molar-refractivity contribution in [2.24, 2.45) is 11.8 Å². The van der Waals surface area contributed by atoms with Crippen molar-refractivity contribution in [3.8, 4) is 11.5 Å². The molecule has 7 heteroatoms. The van der Waals surface area contributed by atoms with Gasteiger partial charge in [-0.2, -0.15) is 0 Å². The molecular weight excluding hydrogens is 450 g/mol. The number of halogens is 1. The van der Waals surface area contributed by atoms with Gasteiger partial charge in [-0.25, -0.2) is 0 Å². The van der Waals surface area contributed by atoms with Gasteiger partial charge in [-0.1, -0.05) is 37.6 Å². The molecule has 0 bridgehead atoms. The molecule has 2 N–H and O–H groups in total. The van der Waals surface area contributed by atoms with Gasteiger partial charge in [0.15, 0.2) is 11.5 Å². The van der Waals surface area contributed by atoms with Crippen molar-refractivity contribution in [1.82, 2.24) is 9.80 Å². The Kier molecular flexibility index (Phi) is 8.22. The Balaban J connectivity index is 1.47. The summed E-state index contributed by atoms with van der Waals surface area (Å²) in [6.45, 7) is 9.30. The van der Waals surface area contributed by atoms with Crippen molar-refractivity contribution in [1.29, 1.82) is 0 Å². The quantitative estimate of drug-likeness (QED) is 0.560. The van der Waals surface area contributed by atoms with Gasteiger partial charge in [0.1, 0.15) is 0 Å². The van der Waals surface area contributed by atoms with Gasteiger partial charge < -0.3 is 20.1 Å². The summed E-state index contributed by atoms with van der Waals surface area (Å²) in [7, 11) is 0. The zero-order chi connectivity index (χ0) is 24.1. The van der Waals surface area contributed by atoms with Crippen LogP contribution in [0.2, 0.25) is 5.02 Å². The van der Waals surface area contributed by atoms with Crippen molar-refractivity contribution in [2.45, 2.75) is 46.2 Å². The lowest BCUT2D eigenvalue weighted by atomic mass is 9.95. The molecule has 34 heavy (non-hydrogen) atoms. The number of hydrogen-bond acceptors (Lipinski definition) is 5. The second-order valence-electron chi connectivity index (χ2n) is 9.89. The zero-order valence-corrected chi connectivity index (χ0v) is 21.0. The van der Waals surface area contributed by atoms with E-state index < -0.39 is 0 Å². The number of fused-ring (bicyclic) bond motifs is 1. The molecule has 0 radical (unpaired) electrons. The minimum absolute atomic E-state index is 0.00978. The van der Waals surface area contributed by atoms with Crippen molar-refractivity contribution in [2.75, 3.05) is 38.6 Å². The van der Waals surface area contributed by atoms with Crippen LogP contribution in [-0.2, 0) is 17.9 Å². The average Bonchev–Trinajstić information content (AvgIpc) is 3.04. The van der Waals surface area contributed by atoms with Gasteiger partial charge in [0.25, 0.3) is 0 Å². The van der Waals surface area contributed by atoms with Crippen LogP contribution in [0, 0.1) is 11.8 Å². The standard InChI is InChI=1S/C27H36ClN3O3/c1-19(2)15-31(17-21-13-24(28)26-25(14-21)33-10-5-11-34-26)27(32)22-7-4-9-30(18-22)16-20-6-3-8-23(29)12-20/h3,6,8,12-14,19,22H,4-5,7,9-11,15-18,29H2,1-2H3. The fourth-order valence-corrected chi connectivity index (χ4v) is 5.17. The van der Waals surface area contributed by atoms with E-state index in [2.05, 4.69) is 24.8 Å². The van der Waals surface area contributed by atoms with Crippen LogP contribution in [0.25, 0.3) is 0 Å². The van der Waals surface area contributed by atoms with Gasteiger partial charge in [0, 0.05) is 38.3 Å². The number of hydrogen-bond donors (Lipinski definition) is 1. The molecule has 2 aromatic carbocycles. The number of carbonyl (C=O) groups is 1. The van der Waals surface area contributed by atoms with Crippen LogP contribution in [0.15, 0.2) is 36.4 Å². The molecule has 4 rings (SSSR count). The number of anilines is 1. The van der Waals surface area contributed by atoms with Crippen LogP contribution >= 0.6 is 11.6 Å². The van der Waals surface area contributed by atoms with E-state index in [1.807, 2.05) is 35.2 Å². The van der Waals surface area contributed by atoms with Crippen LogP contribution in [0.4, 0.5) is 5.69 Å². The van der Waals surface area contributed by atoms with Crippen molar-refractivity contribution < 1.29 is 14.3 Å². The number of nitrogens with zero attached hydrogens (tertiary/aromatic N) is 2. The first-order chi connectivity index (χ1) is 16.4. The highest BCUT2D eigenvalue weighted by atomic mass is 35.5. The molecule has 2 aliphatic heterocycles. The summed E-state index contributed by atoms with van der Waals surface area (Å²) in [6.07, 6.45) is 2.76. The summed E-state index contributed by atoms with van der Waals surface area (Å²) < 4.78 is 11.6. The minimum atomic E-state index is -0.00978. The highest BCUT2D eigenvalue weighted by Gasteiger charge is 2.30. The Morgan fingerprint density at radius 2 is 2.00 bits per heavy atom. The van der Waals surface area contributed by atoms with E-state index in [4.69, 9.17) is 26.8 Å². The van der Waals surface area contributed by atoms with E-state index in [0.717, 1.165) is 50.1 Å². The van der Waals surface area contributed by atoms with E-state index >= 15 is 0 Å². The third-order valence-electron chi connectivity index (χ3n) is 6.34. The first-order valence-electron chi connectivity index (χ1n) is 12.3. The van der Waals surface area contributed by atoms with Crippen molar-refractivity contribution in [3.63, 3.8) is 0 Å². The summed E-state index contributed by atoms with van der Waals surface area (Å²) in [6, 6.07) is 11.9. The molecule has 1 atom stereocenters. The molecule has 1 amide bonds. The lowest BCUT2D eigenvalue weighted by Gasteiger charge is -2.35. The second kappa shape index (κ2) is 11.3. The van der Waals surface area contributed by atoms with Crippen molar-refractivity contribution in [3.05, 3.63) is 52.5 Å². The molecule has 2 heterocycles. The number of piperidine rings is 1. The molecular formula is C27H36ClN3O3. The molecule has 6 nitrogen and oxygen atoms in total. The molecule has 1 saturated heterocycles. The number of carbonyl (C=O) groups excluding carboxylic acids is 1. The monoisotopic (exact) mass is 485 g/mol. The summed E-state index contributed by atoms with van der Waals surface area (Å²) in [5.74, 6) is 1.85. The van der Waals surface area contributed by atoms with E-state index in [9.17, 15) is 4.79 Å². The molecule has 1 fully saturated rings. The number of nitrogen functional groups attached to an aromatic ring is 1. The Hall–Kier alpha value is -2.44. The van der Waals surface area contributed by atoms with E-state index in [0.29, 0.717) is 48.7 Å². The number of nitrogens with two attached hydrogens (primary N) is 1. The topological polar surface area (TPSA) is 68.0 Å². The lowest BCUT2D eigenvalue weighted by Crippen LogP contribution is -2.45. The number of amides is 1. The molecule has 2 aromatic rings. The normalized spacial score (nSPS) is 18.5. The third kappa shape index (κ3) is 6.36. The van der Waals surface area contributed by atoms with E-state index in [1.54, 1.807) is 0 Å². The molecule has 0 spiro atoms. The van der Waals surface area contributed by atoms with Crippen LogP contribution in [0.3, 0.4) is 0 Å². The van der Waals surface area contributed by atoms with Crippen LogP contribution < -0.4 is 15.2 Å². The molecule has 2 aliphatic rings. The number of benzene rings is 2. The van der Waals surface area contributed by atoms with Gasteiger partial charge in [-0.15, -0.1) is 0 Å². The van der Waals surface area contributed by atoms with Gasteiger partial charge in [0.05, 0.1) is 24.2 Å². The van der Waals surface area contributed by atoms with Gasteiger partial charge in [-0.05, 0) is 60.7 Å². The lowest BCUT2D eigenvalue weighted by molar-refractivity contribution is -0.138. The average molecular weight is 486 g/mol. The summed E-state index contributed by atoms with van der Waals surface area (Å²) in [5.41, 5.74) is 8.89. The third-order valence-corrected chi connectivity index (χ3v) is 6.63. The maximum Gasteiger partial charge on any atom is 0.227 e. The molecule has 1 unspecified atom stereocenters. The summed E-state index contributed by atoms with van der Waals surface area (Å²) in [5, 5.41) is 0.539. The predicted molar refractivity (Wildman–Crippen MR) is 136 cm³/mol. The summed E-state index contributed by atoms with van der Waals surface area (Å²) >= 11 is 6.52. The fourth-order valence-electron chi connectivity index (χ4n) is 4.88. The zero-order valence-electron chi connectivity index (χ0n) is 20.3. The SMILES string of the molecule is CC(C)CN(Cc1cc(Cl)c2c(c1)OCCCO2)C(=O)C1CCCN(Cc2cccc(N)c2)C1. The first-order valence-corrected chi connectivity index (χ1v) is 12.7. The largest absolute Gasteiger partial charge is 0.489 e. The smallest absolute Gasteiger partial charge is 0.227 e. The predicted octanol–water partition coefficient (Wildman–Crippen LogP) is 4.98. The maximum atomic E-state index is 13.7. The number of ether oxygens (including phenoxy) is 2. The molecule has 0 saturated carbocycles. The van der Waals surface area contributed by atoms with Gasteiger partial charge in [0.2, 0.25) is 5.91 Å². The Labute approximate surface area is 208 Å². The van der Waals surface area contributed by atoms with E-state index in [-0.39, 0.29) is 11.8 Å². The Morgan fingerprint density at radius 3 is 2.79 bits per heavy atom. The molecule has 0 aromatic heterocycles. The number of likely N-dealkylation sites (tertiary alicyclic amines) is 1. The fraction of sp³-hybridized carbons (Fsp3) is 0.519. The van der Waals surface area contributed by atoms with Gasteiger partial charge in [-0.3, -0.25) is 9.69 Å². The number of rotatable bonds is 7. The summed E-state index contributed by atoms with van der Waals surface area (Å²) in [4.78, 5) is 18.1. The molecule has 184 valence electrons. The van der Waals surface area contributed by atoms with Crippen LogP contribution in [0.1, 0.15) is 44.2 Å². The Morgan fingerprint density at radius 1 is 1.18 bits per heavy atom. The van der Waals surface area contributed by atoms with Crippen LogP contribution in [-0.4, -0.2) is 48.6 Å². The highest BCUT2D eigenvalue weighted by Crippen LogP contribution is 2.38. The highest BCUT2D eigenvalue weighted by molar-refractivity contribution is 6.32. The maximum absolute atomic E-state index is 13.7.